The third kappa shape index (κ3) is 6.03. The highest BCUT2D eigenvalue weighted by atomic mass is 16.3. The van der Waals surface area contributed by atoms with Gasteiger partial charge in [-0.15, -0.1) is 0 Å². The summed E-state index contributed by atoms with van der Waals surface area (Å²) in [5, 5.41) is 16.2. The van der Waals surface area contributed by atoms with E-state index >= 15 is 0 Å². The maximum absolute atomic E-state index is 11.4. The molecule has 17 heavy (non-hydrogen) atoms. The van der Waals surface area contributed by atoms with Crippen molar-refractivity contribution in [3.63, 3.8) is 0 Å². The molecule has 1 aliphatic rings. The normalized spacial score (nSPS) is 19.1. The van der Waals surface area contributed by atoms with Crippen molar-refractivity contribution in [1.82, 2.24) is 10.6 Å². The van der Waals surface area contributed by atoms with E-state index in [1.54, 1.807) is 0 Å². The molecule has 3 N–H and O–H groups in total. The summed E-state index contributed by atoms with van der Waals surface area (Å²) in [6, 6.07) is 0.456. The molecule has 1 amide bonds. The number of hydrogen-bond donors (Lipinski definition) is 3. The van der Waals surface area contributed by atoms with Crippen LogP contribution in [0.5, 0.6) is 0 Å². The average Bonchev–Trinajstić information content (AvgIpc) is 3.00. The fraction of sp³-hybridized carbons (Fsp3) is 0.923. The van der Waals surface area contributed by atoms with E-state index in [1.807, 2.05) is 20.8 Å². The van der Waals surface area contributed by atoms with E-state index in [0.29, 0.717) is 19.0 Å². The molecule has 1 rings (SSSR count). The first kappa shape index (κ1) is 14.5. The van der Waals surface area contributed by atoms with Crippen LogP contribution in [0.15, 0.2) is 0 Å². The fourth-order valence-corrected chi connectivity index (χ4v) is 1.45. The minimum absolute atomic E-state index is 0.157. The zero-order valence-corrected chi connectivity index (χ0v) is 11.3. The molecule has 0 aromatic heterocycles. The summed E-state index contributed by atoms with van der Waals surface area (Å²) in [4.78, 5) is 11.4. The zero-order valence-electron chi connectivity index (χ0n) is 11.3. The Hall–Kier alpha value is -0.610. The van der Waals surface area contributed by atoms with Gasteiger partial charge in [-0.1, -0.05) is 13.8 Å². The quantitative estimate of drug-likeness (QED) is 0.557. The van der Waals surface area contributed by atoms with Crippen molar-refractivity contribution in [1.29, 1.82) is 0 Å². The van der Waals surface area contributed by atoms with Gasteiger partial charge in [0, 0.05) is 19.0 Å². The monoisotopic (exact) mass is 242 g/mol. The van der Waals surface area contributed by atoms with Crippen molar-refractivity contribution in [2.24, 2.45) is 5.92 Å². The second kappa shape index (κ2) is 6.36. The molecule has 0 heterocycles. The summed E-state index contributed by atoms with van der Waals surface area (Å²) in [6.45, 7) is 7.20. The van der Waals surface area contributed by atoms with Gasteiger partial charge in [-0.3, -0.25) is 4.79 Å². The largest absolute Gasteiger partial charge is 0.389 e. The molecule has 0 saturated heterocycles. The number of rotatable bonds is 8. The minimum Gasteiger partial charge on any atom is -0.389 e. The molecule has 1 saturated carbocycles. The van der Waals surface area contributed by atoms with Crippen LogP contribution in [0.25, 0.3) is 0 Å². The molecule has 4 heteroatoms. The van der Waals surface area contributed by atoms with Gasteiger partial charge in [-0.05, 0) is 38.6 Å². The van der Waals surface area contributed by atoms with Gasteiger partial charge in [-0.25, -0.2) is 0 Å². The molecule has 0 radical (unpaired) electrons. The highest BCUT2D eigenvalue weighted by Crippen LogP contribution is 2.18. The van der Waals surface area contributed by atoms with E-state index in [9.17, 15) is 9.90 Å². The van der Waals surface area contributed by atoms with Gasteiger partial charge in [0.1, 0.15) is 0 Å². The molecule has 0 spiro atoms. The second-order valence-electron chi connectivity index (χ2n) is 5.63. The molecule has 0 aromatic rings. The van der Waals surface area contributed by atoms with Gasteiger partial charge < -0.3 is 15.7 Å². The maximum Gasteiger partial charge on any atom is 0.220 e. The molecule has 1 fully saturated rings. The Bertz CT molecular complexity index is 248. The van der Waals surface area contributed by atoms with Crippen LogP contribution in [0.2, 0.25) is 0 Å². The van der Waals surface area contributed by atoms with E-state index < -0.39 is 5.60 Å². The SMILES string of the molecule is CC(C)C(C)(O)CNCCCC(=O)NC1CC1. The lowest BCUT2D eigenvalue weighted by Crippen LogP contribution is -2.42. The van der Waals surface area contributed by atoms with Crippen LogP contribution >= 0.6 is 0 Å². The summed E-state index contributed by atoms with van der Waals surface area (Å²) in [5.74, 6) is 0.387. The molecular formula is C13H26N2O2. The van der Waals surface area contributed by atoms with Crippen molar-refractivity contribution in [3.8, 4) is 0 Å². The van der Waals surface area contributed by atoms with Crippen molar-refractivity contribution in [2.45, 2.75) is 58.1 Å². The first-order chi connectivity index (χ1) is 7.92. The van der Waals surface area contributed by atoms with Crippen molar-refractivity contribution >= 4 is 5.91 Å². The van der Waals surface area contributed by atoms with E-state index in [2.05, 4.69) is 10.6 Å². The van der Waals surface area contributed by atoms with Crippen LogP contribution in [0, 0.1) is 5.92 Å². The van der Waals surface area contributed by atoms with Crippen LogP contribution in [0.1, 0.15) is 46.5 Å². The van der Waals surface area contributed by atoms with Crippen LogP contribution in [0.4, 0.5) is 0 Å². The summed E-state index contributed by atoms with van der Waals surface area (Å²) in [5.41, 5.74) is -0.670. The molecule has 1 aliphatic carbocycles. The highest BCUT2D eigenvalue weighted by Gasteiger charge is 2.24. The second-order valence-corrected chi connectivity index (χ2v) is 5.63. The lowest BCUT2D eigenvalue weighted by Gasteiger charge is -2.27. The van der Waals surface area contributed by atoms with E-state index in [1.165, 1.54) is 0 Å². The zero-order chi connectivity index (χ0) is 12.9. The number of carbonyl (C=O) groups excluding carboxylic acids is 1. The number of hydrogen-bond acceptors (Lipinski definition) is 3. The Morgan fingerprint density at radius 1 is 1.47 bits per heavy atom. The Morgan fingerprint density at radius 3 is 2.65 bits per heavy atom. The summed E-state index contributed by atoms with van der Waals surface area (Å²) >= 11 is 0. The van der Waals surface area contributed by atoms with Crippen molar-refractivity contribution in [3.05, 3.63) is 0 Å². The molecule has 100 valence electrons. The summed E-state index contributed by atoms with van der Waals surface area (Å²) in [7, 11) is 0. The lowest BCUT2D eigenvalue weighted by molar-refractivity contribution is -0.121. The Labute approximate surface area is 104 Å². The Morgan fingerprint density at radius 2 is 2.12 bits per heavy atom. The molecule has 1 unspecified atom stereocenters. The molecule has 4 nitrogen and oxygen atoms in total. The topological polar surface area (TPSA) is 61.4 Å². The lowest BCUT2D eigenvalue weighted by atomic mass is 9.92. The Kier molecular flexibility index (Phi) is 5.40. The van der Waals surface area contributed by atoms with Crippen LogP contribution < -0.4 is 10.6 Å². The number of amides is 1. The smallest absolute Gasteiger partial charge is 0.220 e. The summed E-state index contributed by atoms with van der Waals surface area (Å²) in [6.07, 6.45) is 3.68. The Balaban J connectivity index is 1.98. The third-order valence-corrected chi connectivity index (χ3v) is 3.43. The highest BCUT2D eigenvalue weighted by molar-refractivity contribution is 5.76. The van der Waals surface area contributed by atoms with Gasteiger partial charge in [0.05, 0.1) is 5.60 Å². The standard InChI is InChI=1S/C13H26N2O2/c1-10(2)13(3,17)9-14-8-4-5-12(16)15-11-6-7-11/h10-11,14,17H,4-9H2,1-3H3,(H,15,16). The van der Waals surface area contributed by atoms with E-state index in [0.717, 1.165) is 25.8 Å². The average molecular weight is 242 g/mol. The van der Waals surface area contributed by atoms with E-state index in [4.69, 9.17) is 0 Å². The number of aliphatic hydroxyl groups is 1. The fourth-order valence-electron chi connectivity index (χ4n) is 1.45. The van der Waals surface area contributed by atoms with Crippen molar-refractivity contribution < 1.29 is 9.90 Å². The molecule has 0 bridgehead atoms. The maximum atomic E-state index is 11.4. The number of carbonyl (C=O) groups is 1. The van der Waals surface area contributed by atoms with Gasteiger partial charge >= 0.3 is 0 Å². The van der Waals surface area contributed by atoms with Gasteiger partial charge in [0.2, 0.25) is 5.91 Å². The van der Waals surface area contributed by atoms with Gasteiger partial charge in [0.25, 0.3) is 0 Å². The predicted octanol–water partition coefficient (Wildman–Crippen LogP) is 1.04. The molecule has 1 atom stereocenters. The van der Waals surface area contributed by atoms with Gasteiger partial charge in [-0.2, -0.15) is 0 Å². The van der Waals surface area contributed by atoms with Crippen LogP contribution in [-0.4, -0.2) is 35.7 Å². The molecule has 0 aromatic carbocycles. The van der Waals surface area contributed by atoms with Crippen molar-refractivity contribution in [2.75, 3.05) is 13.1 Å². The first-order valence-corrected chi connectivity index (χ1v) is 6.64. The van der Waals surface area contributed by atoms with Crippen LogP contribution in [0.3, 0.4) is 0 Å². The van der Waals surface area contributed by atoms with Gasteiger partial charge in [0.15, 0.2) is 0 Å². The summed E-state index contributed by atoms with van der Waals surface area (Å²) < 4.78 is 0. The minimum atomic E-state index is -0.670. The molecular weight excluding hydrogens is 216 g/mol. The third-order valence-electron chi connectivity index (χ3n) is 3.43. The van der Waals surface area contributed by atoms with E-state index in [-0.39, 0.29) is 11.8 Å². The predicted molar refractivity (Wildman–Crippen MR) is 68.7 cm³/mol. The number of nitrogens with one attached hydrogen (secondary N) is 2. The molecule has 0 aliphatic heterocycles. The van der Waals surface area contributed by atoms with Crippen LogP contribution in [-0.2, 0) is 4.79 Å². The first-order valence-electron chi connectivity index (χ1n) is 6.64.